The van der Waals surface area contributed by atoms with Gasteiger partial charge < -0.3 is 5.11 Å². The summed E-state index contributed by atoms with van der Waals surface area (Å²) in [5, 5.41) is 11.0. The standard InChI is InChI=1S/C11H11ClF3NO2/c1-10(9(17)18,11(13,14)15)16-6-7-4-2-3-5-8(7)12/h2-5,16H,6H2,1H3,(H,17,18). The Balaban J connectivity index is 2.89. The van der Waals surface area contributed by atoms with Gasteiger partial charge in [0, 0.05) is 11.6 Å². The average Bonchev–Trinajstić information content (AvgIpc) is 2.25. The number of aliphatic carboxylic acids is 1. The summed E-state index contributed by atoms with van der Waals surface area (Å²) >= 11 is 5.78. The molecule has 1 unspecified atom stereocenters. The van der Waals surface area contributed by atoms with Gasteiger partial charge in [0.25, 0.3) is 0 Å². The second kappa shape index (κ2) is 5.16. The monoisotopic (exact) mass is 281 g/mol. The van der Waals surface area contributed by atoms with Crippen LogP contribution in [0, 0.1) is 0 Å². The maximum absolute atomic E-state index is 12.7. The van der Waals surface area contributed by atoms with Crippen LogP contribution in [0.1, 0.15) is 12.5 Å². The predicted molar refractivity (Wildman–Crippen MR) is 60.4 cm³/mol. The Morgan fingerprint density at radius 2 is 1.94 bits per heavy atom. The van der Waals surface area contributed by atoms with Crippen molar-refractivity contribution in [2.75, 3.05) is 0 Å². The lowest BCUT2D eigenvalue weighted by Gasteiger charge is -2.28. The summed E-state index contributed by atoms with van der Waals surface area (Å²) in [6.45, 7) is 0.286. The van der Waals surface area contributed by atoms with Gasteiger partial charge >= 0.3 is 12.1 Å². The number of carboxylic acid groups (broad SMARTS) is 1. The quantitative estimate of drug-likeness (QED) is 0.892. The average molecular weight is 282 g/mol. The Labute approximate surface area is 107 Å². The van der Waals surface area contributed by atoms with E-state index in [1.807, 2.05) is 5.32 Å². The smallest absolute Gasteiger partial charge is 0.417 e. The molecule has 0 saturated carbocycles. The maximum atomic E-state index is 12.7. The molecule has 1 aromatic carbocycles. The molecule has 0 aliphatic carbocycles. The Bertz CT molecular complexity index is 450. The number of benzene rings is 1. The van der Waals surface area contributed by atoms with Crippen LogP contribution in [0.25, 0.3) is 0 Å². The van der Waals surface area contributed by atoms with Crippen LogP contribution < -0.4 is 5.32 Å². The lowest BCUT2D eigenvalue weighted by Crippen LogP contribution is -2.59. The van der Waals surface area contributed by atoms with E-state index in [0.717, 1.165) is 0 Å². The first kappa shape index (κ1) is 14.8. The first-order valence-electron chi connectivity index (χ1n) is 4.97. The summed E-state index contributed by atoms with van der Waals surface area (Å²) in [4.78, 5) is 10.8. The summed E-state index contributed by atoms with van der Waals surface area (Å²) < 4.78 is 38.0. The number of hydrogen-bond donors (Lipinski definition) is 2. The van der Waals surface area contributed by atoms with Gasteiger partial charge in [-0.2, -0.15) is 13.2 Å². The minimum Gasteiger partial charge on any atom is -0.480 e. The molecule has 3 nitrogen and oxygen atoms in total. The van der Waals surface area contributed by atoms with Crippen LogP contribution in [-0.4, -0.2) is 22.8 Å². The van der Waals surface area contributed by atoms with Crippen molar-refractivity contribution in [3.63, 3.8) is 0 Å². The first-order valence-corrected chi connectivity index (χ1v) is 5.35. The Morgan fingerprint density at radius 1 is 1.39 bits per heavy atom. The molecule has 0 saturated heterocycles. The molecule has 0 radical (unpaired) electrons. The summed E-state index contributed by atoms with van der Waals surface area (Å²) in [6.07, 6.45) is -4.90. The largest absolute Gasteiger partial charge is 0.480 e. The lowest BCUT2D eigenvalue weighted by atomic mass is 10.0. The van der Waals surface area contributed by atoms with Crippen molar-refractivity contribution in [2.24, 2.45) is 0 Å². The van der Waals surface area contributed by atoms with Crippen molar-refractivity contribution in [2.45, 2.75) is 25.2 Å². The molecule has 100 valence electrons. The fourth-order valence-electron chi connectivity index (χ4n) is 1.21. The molecule has 1 atom stereocenters. The molecule has 0 bridgehead atoms. The molecular weight excluding hydrogens is 271 g/mol. The summed E-state index contributed by atoms with van der Waals surface area (Å²) in [5.74, 6) is -1.98. The zero-order valence-electron chi connectivity index (χ0n) is 9.38. The third kappa shape index (κ3) is 2.94. The number of alkyl halides is 3. The van der Waals surface area contributed by atoms with Crippen LogP contribution in [0.5, 0.6) is 0 Å². The number of rotatable bonds is 4. The van der Waals surface area contributed by atoms with Gasteiger partial charge in [0.05, 0.1) is 0 Å². The summed E-state index contributed by atoms with van der Waals surface area (Å²) in [7, 11) is 0. The summed E-state index contributed by atoms with van der Waals surface area (Å²) in [5.41, 5.74) is -2.61. The first-order chi connectivity index (χ1) is 8.18. The molecule has 0 aliphatic heterocycles. The van der Waals surface area contributed by atoms with E-state index in [0.29, 0.717) is 12.5 Å². The second-order valence-electron chi connectivity index (χ2n) is 3.87. The highest BCUT2D eigenvalue weighted by Gasteiger charge is 2.57. The molecule has 0 fully saturated rings. The molecule has 0 aliphatic rings. The van der Waals surface area contributed by atoms with E-state index in [2.05, 4.69) is 0 Å². The fraction of sp³-hybridized carbons (Fsp3) is 0.364. The van der Waals surface area contributed by atoms with Crippen LogP contribution in [0.4, 0.5) is 13.2 Å². The van der Waals surface area contributed by atoms with Crippen molar-refractivity contribution >= 4 is 17.6 Å². The number of carbonyl (C=O) groups is 1. The van der Waals surface area contributed by atoms with Crippen LogP contribution in [0.2, 0.25) is 5.02 Å². The van der Waals surface area contributed by atoms with E-state index in [1.54, 1.807) is 12.1 Å². The molecule has 2 N–H and O–H groups in total. The van der Waals surface area contributed by atoms with Gasteiger partial charge in [-0.3, -0.25) is 5.32 Å². The van der Waals surface area contributed by atoms with Crippen LogP contribution in [0.3, 0.4) is 0 Å². The fourth-order valence-corrected chi connectivity index (χ4v) is 1.41. The molecule has 0 amide bonds. The predicted octanol–water partition coefficient (Wildman–Crippen LogP) is 2.84. The van der Waals surface area contributed by atoms with Gasteiger partial charge in [0.15, 0.2) is 0 Å². The van der Waals surface area contributed by atoms with Crippen LogP contribution in [-0.2, 0) is 11.3 Å². The SMILES string of the molecule is CC(NCc1ccccc1Cl)(C(=O)O)C(F)(F)F. The van der Waals surface area contributed by atoms with Crippen molar-refractivity contribution < 1.29 is 23.1 Å². The molecule has 0 heterocycles. The van der Waals surface area contributed by atoms with E-state index in [1.165, 1.54) is 12.1 Å². The van der Waals surface area contributed by atoms with Crippen LogP contribution >= 0.6 is 11.6 Å². The van der Waals surface area contributed by atoms with Crippen LogP contribution in [0.15, 0.2) is 24.3 Å². The summed E-state index contributed by atoms with van der Waals surface area (Å²) in [6, 6.07) is 6.28. The van der Waals surface area contributed by atoms with Gasteiger partial charge in [-0.25, -0.2) is 4.79 Å². The van der Waals surface area contributed by atoms with E-state index >= 15 is 0 Å². The number of halogens is 4. The molecule has 1 rings (SSSR count). The van der Waals surface area contributed by atoms with Gasteiger partial charge in [-0.05, 0) is 18.6 Å². The Morgan fingerprint density at radius 3 is 2.39 bits per heavy atom. The highest BCUT2D eigenvalue weighted by molar-refractivity contribution is 6.31. The highest BCUT2D eigenvalue weighted by atomic mass is 35.5. The third-order valence-corrected chi connectivity index (χ3v) is 2.95. The van der Waals surface area contributed by atoms with E-state index < -0.39 is 17.7 Å². The topological polar surface area (TPSA) is 49.3 Å². The molecule has 7 heteroatoms. The van der Waals surface area contributed by atoms with Gasteiger partial charge in [0.1, 0.15) is 0 Å². The van der Waals surface area contributed by atoms with Gasteiger partial charge in [-0.15, -0.1) is 0 Å². The van der Waals surface area contributed by atoms with E-state index in [-0.39, 0.29) is 11.6 Å². The van der Waals surface area contributed by atoms with Crippen molar-refractivity contribution in [3.05, 3.63) is 34.9 Å². The Hall–Kier alpha value is -1.27. The van der Waals surface area contributed by atoms with Crippen molar-refractivity contribution in [3.8, 4) is 0 Å². The van der Waals surface area contributed by atoms with Gasteiger partial charge in [0.2, 0.25) is 5.54 Å². The molecule has 1 aromatic rings. The van der Waals surface area contributed by atoms with E-state index in [4.69, 9.17) is 16.7 Å². The second-order valence-corrected chi connectivity index (χ2v) is 4.28. The third-order valence-electron chi connectivity index (χ3n) is 2.58. The van der Waals surface area contributed by atoms with Gasteiger partial charge in [-0.1, -0.05) is 29.8 Å². The Kier molecular flexibility index (Phi) is 4.24. The highest BCUT2D eigenvalue weighted by Crippen LogP contribution is 2.31. The zero-order valence-corrected chi connectivity index (χ0v) is 10.1. The molecular formula is C11H11ClF3NO2. The van der Waals surface area contributed by atoms with Crippen molar-refractivity contribution in [1.82, 2.24) is 5.32 Å². The number of nitrogens with one attached hydrogen (secondary N) is 1. The minimum atomic E-state index is -4.90. The lowest BCUT2D eigenvalue weighted by molar-refractivity contribution is -0.206. The maximum Gasteiger partial charge on any atom is 0.417 e. The zero-order chi connectivity index (χ0) is 14.0. The minimum absolute atomic E-state index is 0.278. The normalized spacial score (nSPS) is 15.2. The number of hydrogen-bond acceptors (Lipinski definition) is 2. The molecule has 18 heavy (non-hydrogen) atoms. The molecule has 0 aromatic heterocycles. The van der Waals surface area contributed by atoms with Crippen molar-refractivity contribution in [1.29, 1.82) is 0 Å². The molecule has 0 spiro atoms. The number of carboxylic acids is 1. The van der Waals surface area contributed by atoms with E-state index in [9.17, 15) is 18.0 Å².